The molecule has 0 aromatic carbocycles. The maximum atomic E-state index is 13.5. The van der Waals surface area contributed by atoms with Crippen LogP contribution in [0, 0.1) is 21.7 Å². The summed E-state index contributed by atoms with van der Waals surface area (Å²) in [6.45, 7) is 25.8. The number of hydrogen-bond acceptors (Lipinski definition) is 6. The molecule has 6 nitrogen and oxygen atoms in total. The van der Waals surface area contributed by atoms with Crippen molar-refractivity contribution in [2.75, 3.05) is 39.5 Å². The Kier molecular flexibility index (Phi) is 16.1. The number of Topliss-reactive ketones (excluding diaryl/α,β-unsaturated/α-hetero) is 2. The average Bonchev–Trinajstić information content (AvgIpc) is 2.88. The highest BCUT2D eigenvalue weighted by molar-refractivity contribution is 5.92. The van der Waals surface area contributed by atoms with Crippen molar-refractivity contribution < 1.29 is 19.1 Å². The SMILES string of the molecule is CCCCCC(C)(CC)C(C)(CC)C(=O)COCCOCCNC(C)(CC)C(=O)C(C)(C)CC(C)(C)CN. The summed E-state index contributed by atoms with van der Waals surface area (Å²) in [5, 5.41) is 3.44. The second kappa shape index (κ2) is 16.4. The molecule has 0 aromatic rings. The topological polar surface area (TPSA) is 90.6 Å². The Morgan fingerprint density at radius 3 is 1.89 bits per heavy atom. The zero-order chi connectivity index (χ0) is 29.7. The van der Waals surface area contributed by atoms with Crippen LogP contribution in [0.5, 0.6) is 0 Å². The van der Waals surface area contributed by atoms with Crippen LogP contribution in [-0.2, 0) is 19.1 Å². The van der Waals surface area contributed by atoms with Gasteiger partial charge in [-0.25, -0.2) is 0 Å². The zero-order valence-corrected chi connectivity index (χ0v) is 27.1. The Labute approximate surface area is 235 Å². The third-order valence-corrected chi connectivity index (χ3v) is 9.43. The van der Waals surface area contributed by atoms with Crippen LogP contribution in [0.2, 0.25) is 0 Å². The average molecular weight is 541 g/mol. The first-order valence-electron chi connectivity index (χ1n) is 15.2. The molecule has 0 aliphatic carbocycles. The quantitative estimate of drug-likeness (QED) is 0.140. The molecule has 3 N–H and O–H groups in total. The highest BCUT2D eigenvalue weighted by Crippen LogP contribution is 2.48. The summed E-state index contributed by atoms with van der Waals surface area (Å²) >= 11 is 0. The molecule has 6 heteroatoms. The Morgan fingerprint density at radius 1 is 0.789 bits per heavy atom. The van der Waals surface area contributed by atoms with Gasteiger partial charge in [0.2, 0.25) is 0 Å². The van der Waals surface area contributed by atoms with Crippen molar-refractivity contribution in [3.8, 4) is 0 Å². The summed E-state index contributed by atoms with van der Waals surface area (Å²) in [6, 6.07) is 0. The molecule has 0 spiro atoms. The van der Waals surface area contributed by atoms with Crippen molar-refractivity contribution in [3.05, 3.63) is 0 Å². The van der Waals surface area contributed by atoms with Gasteiger partial charge in [-0.2, -0.15) is 0 Å². The molecular weight excluding hydrogens is 476 g/mol. The standard InChI is InChI=1S/C32H64N2O4/c1-12-16-17-18-30(9,13-2)31(10,14-3)26(35)23-38-22-21-37-20-19-34-32(11,15-4)27(36)29(7,8)24-28(5,6)25-33/h34H,12-25,33H2,1-11H3. The fraction of sp³-hybridized carbons (Fsp3) is 0.938. The molecule has 0 saturated carbocycles. The fourth-order valence-electron chi connectivity index (χ4n) is 5.97. The molecule has 0 aliphatic heterocycles. The summed E-state index contributed by atoms with van der Waals surface area (Å²) in [7, 11) is 0. The Bertz CT molecular complexity index is 708. The number of nitrogens with one attached hydrogen (secondary N) is 1. The predicted octanol–water partition coefficient (Wildman–Crippen LogP) is 6.73. The van der Waals surface area contributed by atoms with Crippen molar-refractivity contribution in [2.24, 2.45) is 27.4 Å². The number of ether oxygens (including phenoxy) is 2. The lowest BCUT2D eigenvalue weighted by molar-refractivity contribution is -0.142. The van der Waals surface area contributed by atoms with Crippen LogP contribution in [0.25, 0.3) is 0 Å². The van der Waals surface area contributed by atoms with E-state index < -0.39 is 11.0 Å². The largest absolute Gasteiger partial charge is 0.378 e. The molecule has 0 amide bonds. The van der Waals surface area contributed by atoms with Gasteiger partial charge < -0.3 is 20.5 Å². The number of carbonyl (C=O) groups is 2. The van der Waals surface area contributed by atoms with E-state index >= 15 is 0 Å². The van der Waals surface area contributed by atoms with Crippen LogP contribution in [0.1, 0.15) is 128 Å². The van der Waals surface area contributed by atoms with Gasteiger partial charge in [-0.3, -0.25) is 9.59 Å². The number of ketones is 2. The van der Waals surface area contributed by atoms with E-state index in [4.69, 9.17) is 15.2 Å². The fourth-order valence-corrected chi connectivity index (χ4v) is 5.97. The molecular formula is C32H64N2O4. The van der Waals surface area contributed by atoms with Gasteiger partial charge in [0, 0.05) is 17.4 Å². The maximum absolute atomic E-state index is 13.5. The smallest absolute Gasteiger partial charge is 0.164 e. The third-order valence-electron chi connectivity index (χ3n) is 9.43. The Hall–Kier alpha value is -0.820. The number of unbranched alkanes of at least 4 members (excludes halogenated alkanes) is 2. The van der Waals surface area contributed by atoms with Crippen LogP contribution in [-0.4, -0.2) is 56.6 Å². The molecule has 0 rings (SSSR count). The van der Waals surface area contributed by atoms with Crippen LogP contribution < -0.4 is 11.1 Å². The number of hydrogen-bond donors (Lipinski definition) is 2. The van der Waals surface area contributed by atoms with Crippen molar-refractivity contribution >= 4 is 11.6 Å². The Balaban J connectivity index is 4.65. The van der Waals surface area contributed by atoms with E-state index in [1.165, 1.54) is 12.8 Å². The molecule has 0 fully saturated rings. The van der Waals surface area contributed by atoms with E-state index in [1.54, 1.807) is 0 Å². The summed E-state index contributed by atoms with van der Waals surface area (Å²) < 4.78 is 11.5. The minimum atomic E-state index is -0.617. The summed E-state index contributed by atoms with van der Waals surface area (Å²) in [4.78, 5) is 26.7. The first-order valence-corrected chi connectivity index (χ1v) is 15.2. The molecule has 3 unspecified atom stereocenters. The molecule has 226 valence electrons. The van der Waals surface area contributed by atoms with Crippen molar-refractivity contribution in [1.29, 1.82) is 0 Å². The molecule has 0 heterocycles. The maximum Gasteiger partial charge on any atom is 0.164 e. The minimum Gasteiger partial charge on any atom is -0.378 e. The second-order valence-electron chi connectivity index (χ2n) is 13.5. The van der Waals surface area contributed by atoms with Gasteiger partial charge in [-0.05, 0) is 56.4 Å². The van der Waals surface area contributed by atoms with E-state index in [-0.39, 0.29) is 34.4 Å². The number of nitrogens with two attached hydrogens (primary N) is 1. The number of rotatable bonds is 23. The zero-order valence-electron chi connectivity index (χ0n) is 27.1. The van der Waals surface area contributed by atoms with E-state index in [2.05, 4.69) is 53.8 Å². The lowest BCUT2D eigenvalue weighted by atomic mass is 9.58. The molecule has 3 atom stereocenters. The van der Waals surface area contributed by atoms with Crippen LogP contribution in [0.3, 0.4) is 0 Å². The van der Waals surface area contributed by atoms with Gasteiger partial charge in [0.25, 0.3) is 0 Å². The van der Waals surface area contributed by atoms with Crippen molar-refractivity contribution in [1.82, 2.24) is 5.32 Å². The number of carbonyl (C=O) groups excluding carboxylic acids is 2. The van der Waals surface area contributed by atoms with Gasteiger partial charge >= 0.3 is 0 Å². The van der Waals surface area contributed by atoms with Crippen LogP contribution >= 0.6 is 0 Å². The normalized spacial score (nSPS) is 17.5. The minimum absolute atomic E-state index is 0.0163. The van der Waals surface area contributed by atoms with Crippen molar-refractivity contribution in [3.63, 3.8) is 0 Å². The van der Waals surface area contributed by atoms with Crippen molar-refractivity contribution in [2.45, 2.75) is 133 Å². The summed E-state index contributed by atoms with van der Waals surface area (Å²) in [5.41, 5.74) is 4.35. The molecule has 0 aliphatic rings. The predicted molar refractivity (Wildman–Crippen MR) is 161 cm³/mol. The molecule has 0 bridgehead atoms. The third kappa shape index (κ3) is 10.6. The highest BCUT2D eigenvalue weighted by atomic mass is 16.5. The molecule has 0 saturated heterocycles. The van der Waals surface area contributed by atoms with Gasteiger partial charge in [-0.1, -0.05) is 88.5 Å². The van der Waals surface area contributed by atoms with E-state index in [0.717, 1.165) is 32.1 Å². The molecule has 0 radical (unpaired) electrons. The highest BCUT2D eigenvalue weighted by Gasteiger charge is 2.46. The van der Waals surface area contributed by atoms with Gasteiger partial charge in [0.1, 0.15) is 6.61 Å². The van der Waals surface area contributed by atoms with Gasteiger partial charge in [-0.15, -0.1) is 0 Å². The van der Waals surface area contributed by atoms with E-state index in [0.29, 0.717) is 39.3 Å². The van der Waals surface area contributed by atoms with E-state index in [9.17, 15) is 9.59 Å². The lowest BCUT2D eigenvalue weighted by Gasteiger charge is -2.45. The molecule has 38 heavy (non-hydrogen) atoms. The first kappa shape index (κ1) is 37.2. The second-order valence-corrected chi connectivity index (χ2v) is 13.5. The summed E-state index contributed by atoms with van der Waals surface area (Å²) in [6.07, 6.45) is 7.90. The van der Waals surface area contributed by atoms with Crippen LogP contribution in [0.4, 0.5) is 0 Å². The van der Waals surface area contributed by atoms with Gasteiger partial charge in [0.15, 0.2) is 11.6 Å². The summed E-state index contributed by atoms with van der Waals surface area (Å²) in [5.74, 6) is 0.406. The van der Waals surface area contributed by atoms with Gasteiger partial charge in [0.05, 0.1) is 25.4 Å². The monoisotopic (exact) mass is 540 g/mol. The Morgan fingerprint density at radius 2 is 1.39 bits per heavy atom. The molecule has 0 aromatic heterocycles. The van der Waals surface area contributed by atoms with E-state index in [1.807, 2.05) is 27.7 Å². The first-order chi connectivity index (χ1) is 17.5. The van der Waals surface area contributed by atoms with Crippen LogP contribution in [0.15, 0.2) is 0 Å². The lowest BCUT2D eigenvalue weighted by Crippen LogP contribution is -2.55.